The molecule has 0 atom stereocenters. The van der Waals surface area contributed by atoms with Crippen LogP contribution >= 0.6 is 12.2 Å². The molecule has 2 aromatic carbocycles. The molecular weight excluding hydrogens is 365 g/mol. The van der Waals surface area contributed by atoms with Gasteiger partial charge in [0.1, 0.15) is 0 Å². The first-order valence-corrected chi connectivity index (χ1v) is 8.18. The smallest absolute Gasteiger partial charge is 0.416 e. The number of para-hydroxylation sites is 1. The summed E-state index contributed by atoms with van der Waals surface area (Å²) in [4.78, 5) is 0. The van der Waals surface area contributed by atoms with Crippen LogP contribution in [0.3, 0.4) is 0 Å². The lowest BCUT2D eigenvalue weighted by Crippen LogP contribution is -2.30. The molecule has 26 heavy (non-hydrogen) atoms. The summed E-state index contributed by atoms with van der Waals surface area (Å²) in [5.41, 5.74) is 0.476. The van der Waals surface area contributed by atoms with Crippen molar-refractivity contribution >= 4 is 23.0 Å². The Hall–Kier alpha value is -2.48. The van der Waals surface area contributed by atoms with Crippen LogP contribution in [0.15, 0.2) is 42.5 Å². The lowest BCUT2D eigenvalue weighted by molar-refractivity contribution is -0.137. The standard InChI is InChI=1S/C18H19F3N2O2S/c1-24-15-8-3-5-12(16(15)25-2)9-10-22-17(26)23-14-7-4-6-13(11-14)18(19,20)21/h3-8,11H,9-10H2,1-2H3,(H2,22,23,26). The number of rotatable bonds is 6. The maximum absolute atomic E-state index is 12.7. The maximum atomic E-state index is 12.7. The van der Waals surface area contributed by atoms with Gasteiger partial charge >= 0.3 is 6.18 Å². The topological polar surface area (TPSA) is 42.5 Å². The van der Waals surface area contributed by atoms with E-state index in [1.54, 1.807) is 20.3 Å². The highest BCUT2D eigenvalue weighted by molar-refractivity contribution is 7.80. The molecule has 140 valence electrons. The van der Waals surface area contributed by atoms with Crippen molar-refractivity contribution in [2.24, 2.45) is 0 Å². The highest BCUT2D eigenvalue weighted by Crippen LogP contribution is 2.31. The van der Waals surface area contributed by atoms with Crippen LogP contribution in [0.1, 0.15) is 11.1 Å². The van der Waals surface area contributed by atoms with Gasteiger partial charge in [-0.25, -0.2) is 0 Å². The monoisotopic (exact) mass is 384 g/mol. The van der Waals surface area contributed by atoms with Gasteiger partial charge in [-0.1, -0.05) is 18.2 Å². The summed E-state index contributed by atoms with van der Waals surface area (Å²) in [6.07, 6.45) is -3.79. The first-order chi connectivity index (χ1) is 12.3. The van der Waals surface area contributed by atoms with E-state index >= 15 is 0 Å². The molecule has 0 aliphatic heterocycles. The largest absolute Gasteiger partial charge is 0.493 e. The molecule has 4 nitrogen and oxygen atoms in total. The number of methoxy groups -OCH3 is 2. The average Bonchev–Trinajstić information content (AvgIpc) is 2.60. The third kappa shape index (κ3) is 5.26. The van der Waals surface area contributed by atoms with Crippen molar-refractivity contribution in [2.75, 3.05) is 26.1 Å². The minimum Gasteiger partial charge on any atom is -0.493 e. The third-order valence-corrected chi connectivity index (χ3v) is 3.86. The van der Waals surface area contributed by atoms with Crippen molar-refractivity contribution in [1.82, 2.24) is 5.32 Å². The number of hydrogen-bond donors (Lipinski definition) is 2. The van der Waals surface area contributed by atoms with Gasteiger partial charge in [0.15, 0.2) is 16.6 Å². The van der Waals surface area contributed by atoms with E-state index in [0.717, 1.165) is 17.7 Å². The van der Waals surface area contributed by atoms with E-state index in [2.05, 4.69) is 10.6 Å². The molecule has 2 rings (SSSR count). The summed E-state index contributed by atoms with van der Waals surface area (Å²) in [7, 11) is 3.13. The van der Waals surface area contributed by atoms with Gasteiger partial charge in [-0.05, 0) is 48.5 Å². The van der Waals surface area contributed by atoms with Crippen molar-refractivity contribution in [3.05, 3.63) is 53.6 Å². The minimum absolute atomic E-state index is 0.242. The quantitative estimate of drug-likeness (QED) is 0.729. The highest BCUT2D eigenvalue weighted by Gasteiger charge is 2.30. The van der Waals surface area contributed by atoms with Gasteiger partial charge in [0.05, 0.1) is 19.8 Å². The van der Waals surface area contributed by atoms with Crippen molar-refractivity contribution in [3.63, 3.8) is 0 Å². The third-order valence-electron chi connectivity index (χ3n) is 3.61. The Morgan fingerprint density at radius 2 is 1.81 bits per heavy atom. The normalized spacial score (nSPS) is 11.0. The fourth-order valence-electron chi connectivity index (χ4n) is 2.41. The summed E-state index contributed by atoms with van der Waals surface area (Å²) in [5.74, 6) is 1.28. The Labute approximate surface area is 155 Å². The zero-order valence-corrected chi connectivity index (χ0v) is 15.1. The summed E-state index contributed by atoms with van der Waals surface area (Å²) >= 11 is 5.14. The molecule has 0 aliphatic carbocycles. The minimum atomic E-state index is -4.39. The number of ether oxygens (including phenoxy) is 2. The Balaban J connectivity index is 1.92. The summed E-state index contributed by atoms with van der Waals surface area (Å²) in [6, 6.07) is 10.4. The summed E-state index contributed by atoms with van der Waals surface area (Å²) in [5, 5.41) is 5.97. The Bertz CT molecular complexity index is 766. The number of nitrogens with one attached hydrogen (secondary N) is 2. The molecule has 0 heterocycles. The number of hydrogen-bond acceptors (Lipinski definition) is 3. The zero-order valence-electron chi connectivity index (χ0n) is 14.3. The van der Waals surface area contributed by atoms with E-state index in [9.17, 15) is 13.2 Å². The van der Waals surface area contributed by atoms with Crippen LogP contribution in [0, 0.1) is 0 Å². The molecule has 0 bridgehead atoms. The Morgan fingerprint density at radius 1 is 1.08 bits per heavy atom. The molecule has 0 aromatic heterocycles. The number of halogens is 3. The zero-order chi connectivity index (χ0) is 19.2. The van der Waals surface area contributed by atoms with Crippen molar-refractivity contribution in [3.8, 4) is 11.5 Å². The van der Waals surface area contributed by atoms with Crippen LogP contribution in [0.2, 0.25) is 0 Å². The number of benzene rings is 2. The number of anilines is 1. The second kappa shape index (κ2) is 8.75. The highest BCUT2D eigenvalue weighted by atomic mass is 32.1. The molecule has 0 aliphatic rings. The van der Waals surface area contributed by atoms with Crippen molar-refractivity contribution in [2.45, 2.75) is 12.6 Å². The summed E-state index contributed by atoms with van der Waals surface area (Å²) in [6.45, 7) is 0.480. The average molecular weight is 384 g/mol. The van der Waals surface area contributed by atoms with E-state index in [-0.39, 0.29) is 10.8 Å². The predicted octanol–water partition coefficient (Wildman–Crippen LogP) is 4.25. The van der Waals surface area contributed by atoms with E-state index in [1.807, 2.05) is 12.1 Å². The van der Waals surface area contributed by atoms with E-state index < -0.39 is 11.7 Å². The lowest BCUT2D eigenvalue weighted by atomic mass is 10.1. The molecule has 2 aromatic rings. The lowest BCUT2D eigenvalue weighted by Gasteiger charge is -2.14. The van der Waals surface area contributed by atoms with E-state index in [4.69, 9.17) is 21.7 Å². The van der Waals surface area contributed by atoms with Crippen LogP contribution < -0.4 is 20.1 Å². The first-order valence-electron chi connectivity index (χ1n) is 7.77. The Kier molecular flexibility index (Phi) is 6.68. The molecule has 8 heteroatoms. The molecule has 0 radical (unpaired) electrons. The molecule has 0 fully saturated rings. The van der Waals surface area contributed by atoms with Gasteiger partial charge in [-0.2, -0.15) is 13.2 Å². The van der Waals surface area contributed by atoms with Crippen LogP contribution in [0.4, 0.5) is 18.9 Å². The van der Waals surface area contributed by atoms with Gasteiger partial charge < -0.3 is 20.1 Å². The van der Waals surface area contributed by atoms with Gasteiger partial charge in [-0.15, -0.1) is 0 Å². The van der Waals surface area contributed by atoms with E-state index in [0.29, 0.717) is 24.5 Å². The fourth-order valence-corrected chi connectivity index (χ4v) is 2.63. The van der Waals surface area contributed by atoms with Gasteiger partial charge in [0, 0.05) is 12.2 Å². The van der Waals surface area contributed by atoms with E-state index in [1.165, 1.54) is 12.1 Å². The Morgan fingerprint density at radius 3 is 2.46 bits per heavy atom. The molecule has 0 amide bonds. The van der Waals surface area contributed by atoms with Gasteiger partial charge in [-0.3, -0.25) is 0 Å². The number of alkyl halides is 3. The van der Waals surface area contributed by atoms with Crippen LogP contribution in [0.5, 0.6) is 11.5 Å². The van der Waals surface area contributed by atoms with Gasteiger partial charge in [0.25, 0.3) is 0 Å². The van der Waals surface area contributed by atoms with Crippen LogP contribution in [-0.4, -0.2) is 25.9 Å². The summed E-state index contributed by atoms with van der Waals surface area (Å²) < 4.78 is 48.8. The molecule has 0 saturated heterocycles. The molecule has 0 unspecified atom stereocenters. The molecule has 2 N–H and O–H groups in total. The fraction of sp³-hybridized carbons (Fsp3) is 0.278. The van der Waals surface area contributed by atoms with Crippen LogP contribution in [-0.2, 0) is 12.6 Å². The first kappa shape index (κ1) is 19.8. The second-order valence-electron chi connectivity index (χ2n) is 5.36. The SMILES string of the molecule is COc1cccc(CCNC(=S)Nc2cccc(C(F)(F)F)c2)c1OC. The second-order valence-corrected chi connectivity index (χ2v) is 5.77. The van der Waals surface area contributed by atoms with Gasteiger partial charge in [0.2, 0.25) is 0 Å². The van der Waals surface area contributed by atoms with Crippen LogP contribution in [0.25, 0.3) is 0 Å². The molecule has 0 spiro atoms. The molecule has 0 saturated carbocycles. The number of thiocarbonyl (C=S) groups is 1. The molecular formula is C18H19F3N2O2S. The van der Waals surface area contributed by atoms with Crippen molar-refractivity contribution in [1.29, 1.82) is 0 Å². The maximum Gasteiger partial charge on any atom is 0.416 e. The van der Waals surface area contributed by atoms with Crippen molar-refractivity contribution < 1.29 is 22.6 Å². The predicted molar refractivity (Wildman–Crippen MR) is 98.9 cm³/mol.